The fourth-order valence-corrected chi connectivity index (χ4v) is 2.21. The molecule has 0 aromatic carbocycles. The second kappa shape index (κ2) is 4.35. The van der Waals surface area contributed by atoms with Crippen LogP contribution in [0.4, 0.5) is 5.82 Å². The third-order valence-electron chi connectivity index (χ3n) is 3.19. The van der Waals surface area contributed by atoms with Crippen LogP contribution in [0.25, 0.3) is 17.2 Å². The maximum Gasteiger partial charge on any atom is 0.182 e. The fourth-order valence-electron chi connectivity index (χ4n) is 2.21. The number of fused-ring (bicyclic) bond motifs is 1. The van der Waals surface area contributed by atoms with Gasteiger partial charge >= 0.3 is 0 Å². The molecule has 5 nitrogen and oxygen atoms in total. The number of pyridine rings is 1. The summed E-state index contributed by atoms with van der Waals surface area (Å²) in [6.07, 6.45) is 4.70. The van der Waals surface area contributed by atoms with Gasteiger partial charge in [0, 0.05) is 23.7 Å². The van der Waals surface area contributed by atoms with Gasteiger partial charge < -0.3 is 10.1 Å². The van der Waals surface area contributed by atoms with Crippen molar-refractivity contribution in [3.05, 3.63) is 41.9 Å². The van der Waals surface area contributed by atoms with Crippen molar-refractivity contribution in [3.63, 3.8) is 0 Å². The van der Waals surface area contributed by atoms with E-state index in [0.29, 0.717) is 11.6 Å². The normalized spacial score (nSPS) is 11.1. The zero-order chi connectivity index (χ0) is 13.4. The van der Waals surface area contributed by atoms with E-state index < -0.39 is 0 Å². The van der Waals surface area contributed by atoms with E-state index in [9.17, 15) is 0 Å². The molecule has 19 heavy (non-hydrogen) atoms. The first-order chi connectivity index (χ1) is 9.19. The minimum Gasteiger partial charge on any atom is -0.383 e. The van der Waals surface area contributed by atoms with Crippen molar-refractivity contribution in [2.45, 2.75) is 20.3 Å². The smallest absolute Gasteiger partial charge is 0.182 e. The first-order valence-electron chi connectivity index (χ1n) is 6.26. The number of rotatable bonds is 2. The van der Waals surface area contributed by atoms with Crippen molar-refractivity contribution >= 4 is 11.5 Å². The molecule has 0 aliphatic rings. The van der Waals surface area contributed by atoms with E-state index in [1.807, 2.05) is 48.8 Å². The van der Waals surface area contributed by atoms with Crippen LogP contribution in [0, 0.1) is 6.92 Å². The van der Waals surface area contributed by atoms with E-state index in [1.165, 1.54) is 0 Å². The van der Waals surface area contributed by atoms with Crippen LogP contribution in [0.1, 0.15) is 18.2 Å². The lowest BCUT2D eigenvalue weighted by Crippen LogP contribution is -2.04. The lowest BCUT2D eigenvalue weighted by molar-refractivity contribution is 1.01. The molecule has 0 bridgehead atoms. The zero-order valence-corrected chi connectivity index (χ0v) is 11.0. The van der Waals surface area contributed by atoms with Gasteiger partial charge in [-0.25, -0.2) is 15.0 Å². The first-order valence-corrected chi connectivity index (χ1v) is 6.26. The highest BCUT2D eigenvalue weighted by atomic mass is 15.0. The Balaban J connectivity index is 2.16. The minimum absolute atomic E-state index is 0.544. The van der Waals surface area contributed by atoms with Gasteiger partial charge in [-0.2, -0.15) is 0 Å². The number of aromatic nitrogens is 4. The van der Waals surface area contributed by atoms with Gasteiger partial charge in [0.05, 0.1) is 0 Å². The highest BCUT2D eigenvalue weighted by Crippen LogP contribution is 2.20. The molecule has 0 aliphatic heterocycles. The van der Waals surface area contributed by atoms with Crippen molar-refractivity contribution in [1.29, 1.82) is 0 Å². The molecule has 96 valence electrons. The van der Waals surface area contributed by atoms with Crippen LogP contribution in [0.15, 0.2) is 30.6 Å². The molecule has 0 aliphatic carbocycles. The molecule has 3 rings (SSSR count). The van der Waals surface area contributed by atoms with E-state index >= 15 is 0 Å². The Hall–Kier alpha value is -2.43. The second-order valence-corrected chi connectivity index (χ2v) is 4.44. The fraction of sp³-hybridized carbons (Fsp3) is 0.214. The summed E-state index contributed by atoms with van der Waals surface area (Å²) < 4.78 is 1.94. The monoisotopic (exact) mass is 253 g/mol. The molecule has 0 radical (unpaired) electrons. The van der Waals surface area contributed by atoms with E-state index in [2.05, 4.69) is 15.0 Å². The van der Waals surface area contributed by atoms with Crippen LogP contribution in [0.5, 0.6) is 0 Å². The van der Waals surface area contributed by atoms with Crippen molar-refractivity contribution < 1.29 is 0 Å². The number of imidazole rings is 1. The van der Waals surface area contributed by atoms with E-state index in [1.54, 1.807) is 0 Å². The number of anilines is 1. The SMILES string of the molecule is CCc1c(C)nc(-c2cn3ccccc3n2)nc1N. The van der Waals surface area contributed by atoms with E-state index in [-0.39, 0.29) is 0 Å². The van der Waals surface area contributed by atoms with Crippen LogP contribution < -0.4 is 5.73 Å². The molecule has 3 aromatic rings. The largest absolute Gasteiger partial charge is 0.383 e. The molecule has 0 saturated carbocycles. The molecule has 5 heteroatoms. The molecule has 0 spiro atoms. The van der Waals surface area contributed by atoms with Crippen molar-refractivity contribution in [3.8, 4) is 11.5 Å². The van der Waals surface area contributed by atoms with Crippen molar-refractivity contribution in [2.75, 3.05) is 5.73 Å². The van der Waals surface area contributed by atoms with Gasteiger partial charge in [-0.1, -0.05) is 13.0 Å². The first kappa shape index (κ1) is 11.6. The lowest BCUT2D eigenvalue weighted by Gasteiger charge is -2.06. The molecule has 2 N–H and O–H groups in total. The van der Waals surface area contributed by atoms with Gasteiger partial charge in [-0.15, -0.1) is 0 Å². The highest BCUT2D eigenvalue weighted by Gasteiger charge is 2.11. The average Bonchev–Trinajstić information content (AvgIpc) is 2.82. The summed E-state index contributed by atoms with van der Waals surface area (Å²) in [4.78, 5) is 13.4. The quantitative estimate of drug-likeness (QED) is 0.760. The van der Waals surface area contributed by atoms with Crippen LogP contribution in [-0.2, 0) is 6.42 Å². The summed E-state index contributed by atoms with van der Waals surface area (Å²) in [5, 5.41) is 0. The predicted octanol–water partition coefficient (Wildman–Crippen LogP) is 2.24. The molecular formula is C14H15N5. The van der Waals surface area contributed by atoms with Crippen molar-refractivity contribution in [1.82, 2.24) is 19.4 Å². The third kappa shape index (κ3) is 1.93. The Labute approximate surface area is 111 Å². The Bertz CT molecular complexity index is 688. The van der Waals surface area contributed by atoms with Gasteiger partial charge in [-0.05, 0) is 25.5 Å². The van der Waals surface area contributed by atoms with Crippen LogP contribution in [0.2, 0.25) is 0 Å². The van der Waals surface area contributed by atoms with Gasteiger partial charge in [0.1, 0.15) is 17.2 Å². The number of aryl methyl sites for hydroxylation is 1. The molecule has 0 saturated heterocycles. The summed E-state index contributed by atoms with van der Waals surface area (Å²) in [5.41, 5.74) is 9.52. The summed E-state index contributed by atoms with van der Waals surface area (Å²) in [6.45, 7) is 4.00. The number of hydrogen-bond donors (Lipinski definition) is 1. The highest BCUT2D eigenvalue weighted by molar-refractivity contribution is 5.58. The Kier molecular flexibility index (Phi) is 2.67. The van der Waals surface area contributed by atoms with Gasteiger partial charge in [-0.3, -0.25) is 0 Å². The summed E-state index contributed by atoms with van der Waals surface area (Å²) in [6, 6.07) is 5.85. The summed E-state index contributed by atoms with van der Waals surface area (Å²) in [7, 11) is 0. The van der Waals surface area contributed by atoms with Gasteiger partial charge in [0.25, 0.3) is 0 Å². The standard InChI is InChI=1S/C14H15N5/c1-3-10-9(2)16-14(18-13(10)15)11-8-19-7-5-4-6-12(19)17-11/h4-8H,3H2,1-2H3,(H2,15,16,18). The minimum atomic E-state index is 0.544. The Morgan fingerprint density at radius 3 is 2.74 bits per heavy atom. The molecular weight excluding hydrogens is 238 g/mol. The maximum absolute atomic E-state index is 5.98. The molecule has 3 heterocycles. The van der Waals surface area contributed by atoms with E-state index in [4.69, 9.17) is 5.73 Å². The summed E-state index contributed by atoms with van der Waals surface area (Å²) >= 11 is 0. The van der Waals surface area contributed by atoms with Crippen LogP contribution in [-0.4, -0.2) is 19.4 Å². The number of hydrogen-bond acceptors (Lipinski definition) is 4. The van der Waals surface area contributed by atoms with Gasteiger partial charge in [0.2, 0.25) is 0 Å². The average molecular weight is 253 g/mol. The van der Waals surface area contributed by atoms with Crippen molar-refractivity contribution in [2.24, 2.45) is 0 Å². The lowest BCUT2D eigenvalue weighted by atomic mass is 10.1. The molecule has 0 unspecified atom stereocenters. The van der Waals surface area contributed by atoms with Gasteiger partial charge in [0.15, 0.2) is 5.82 Å². The zero-order valence-electron chi connectivity index (χ0n) is 11.0. The molecule has 0 atom stereocenters. The number of nitrogens with zero attached hydrogens (tertiary/aromatic N) is 4. The second-order valence-electron chi connectivity index (χ2n) is 4.44. The number of nitrogen functional groups attached to an aromatic ring is 1. The van der Waals surface area contributed by atoms with E-state index in [0.717, 1.165) is 29.0 Å². The Morgan fingerprint density at radius 2 is 2.05 bits per heavy atom. The Morgan fingerprint density at radius 1 is 1.21 bits per heavy atom. The van der Waals surface area contributed by atoms with Crippen LogP contribution in [0.3, 0.4) is 0 Å². The predicted molar refractivity (Wildman–Crippen MR) is 74.7 cm³/mol. The topological polar surface area (TPSA) is 69.1 Å². The molecule has 0 fully saturated rings. The maximum atomic E-state index is 5.98. The van der Waals surface area contributed by atoms with Crippen LogP contribution >= 0.6 is 0 Å². The summed E-state index contributed by atoms with van der Waals surface area (Å²) in [5.74, 6) is 1.12. The molecule has 3 aromatic heterocycles. The molecule has 0 amide bonds. The third-order valence-corrected chi connectivity index (χ3v) is 3.19. The number of nitrogens with two attached hydrogens (primary N) is 1.